The summed E-state index contributed by atoms with van der Waals surface area (Å²) in [6, 6.07) is 12.4. The number of nitro groups is 1. The molecule has 0 aliphatic heterocycles. The Kier molecular flexibility index (Phi) is 4.78. The molecule has 0 N–H and O–H groups in total. The third kappa shape index (κ3) is 3.45. The van der Waals surface area contributed by atoms with E-state index in [0.29, 0.717) is 30.4 Å². The fourth-order valence-corrected chi connectivity index (χ4v) is 3.34. The number of aromatic nitrogens is 4. The van der Waals surface area contributed by atoms with Gasteiger partial charge in [-0.05, 0) is 24.6 Å². The van der Waals surface area contributed by atoms with Crippen LogP contribution in [-0.4, -0.2) is 23.6 Å². The summed E-state index contributed by atoms with van der Waals surface area (Å²) < 4.78 is 4.43. The molecule has 4 rings (SSSR count). The molecule has 9 heteroatoms. The number of hydrogen-bond donors (Lipinski definition) is 0. The molecule has 0 amide bonds. The average molecular weight is 391 g/mol. The summed E-state index contributed by atoms with van der Waals surface area (Å²) in [7, 11) is 0. The van der Waals surface area contributed by atoms with Gasteiger partial charge in [0.15, 0.2) is 0 Å². The number of aryl methyl sites for hydroxylation is 2. The van der Waals surface area contributed by atoms with Crippen LogP contribution in [0.3, 0.4) is 0 Å². The summed E-state index contributed by atoms with van der Waals surface area (Å²) in [5, 5.41) is 11.5. The van der Waals surface area contributed by atoms with Gasteiger partial charge in [-0.15, -0.1) is 0 Å². The zero-order chi connectivity index (χ0) is 20.4. The molecular formula is C20H17N5O4. The summed E-state index contributed by atoms with van der Waals surface area (Å²) in [6.45, 7) is 1.05. The van der Waals surface area contributed by atoms with E-state index in [9.17, 15) is 19.7 Å². The molecule has 0 saturated heterocycles. The van der Waals surface area contributed by atoms with Gasteiger partial charge in [0.25, 0.3) is 11.2 Å². The first kappa shape index (κ1) is 18.4. The smallest absolute Gasteiger partial charge is 0.336 e. The molecule has 2 aromatic heterocycles. The number of rotatable bonds is 6. The van der Waals surface area contributed by atoms with E-state index >= 15 is 0 Å². The van der Waals surface area contributed by atoms with Crippen molar-refractivity contribution < 1.29 is 4.92 Å². The van der Waals surface area contributed by atoms with Gasteiger partial charge in [-0.1, -0.05) is 18.2 Å². The van der Waals surface area contributed by atoms with E-state index in [1.807, 2.05) is 10.8 Å². The number of non-ortho nitro benzene ring substituents is 1. The van der Waals surface area contributed by atoms with Gasteiger partial charge in [-0.2, -0.15) is 0 Å². The number of para-hydroxylation sites is 1. The summed E-state index contributed by atoms with van der Waals surface area (Å²) in [5.74, 6) is 0. The highest BCUT2D eigenvalue weighted by Gasteiger charge is 2.16. The first-order valence-corrected chi connectivity index (χ1v) is 9.01. The van der Waals surface area contributed by atoms with E-state index in [2.05, 4.69) is 4.98 Å². The number of fused-ring (bicyclic) bond motifs is 1. The first-order valence-electron chi connectivity index (χ1n) is 9.01. The van der Waals surface area contributed by atoms with E-state index in [1.165, 1.54) is 28.8 Å². The van der Waals surface area contributed by atoms with Crippen molar-refractivity contribution in [2.24, 2.45) is 0 Å². The third-order valence-electron chi connectivity index (χ3n) is 4.71. The maximum Gasteiger partial charge on any atom is 0.336 e. The quantitative estimate of drug-likeness (QED) is 0.371. The highest BCUT2D eigenvalue weighted by Crippen LogP contribution is 2.16. The number of hydrogen-bond acceptors (Lipinski definition) is 5. The van der Waals surface area contributed by atoms with Crippen molar-refractivity contribution in [3.05, 3.63) is 98.2 Å². The molecule has 0 radical (unpaired) electrons. The summed E-state index contributed by atoms with van der Waals surface area (Å²) in [4.78, 5) is 40.8. The molecular weight excluding hydrogens is 374 g/mol. The Hall–Kier alpha value is -4.01. The van der Waals surface area contributed by atoms with Crippen molar-refractivity contribution in [2.75, 3.05) is 0 Å². The number of benzene rings is 2. The van der Waals surface area contributed by atoms with Crippen LogP contribution in [0.1, 0.15) is 6.42 Å². The molecule has 2 heterocycles. The lowest BCUT2D eigenvalue weighted by Gasteiger charge is -2.14. The lowest BCUT2D eigenvalue weighted by molar-refractivity contribution is -0.384. The van der Waals surface area contributed by atoms with Crippen LogP contribution >= 0.6 is 0 Å². The van der Waals surface area contributed by atoms with Crippen molar-refractivity contribution in [1.82, 2.24) is 18.7 Å². The van der Waals surface area contributed by atoms with E-state index in [0.717, 1.165) is 4.57 Å². The van der Waals surface area contributed by atoms with Crippen LogP contribution < -0.4 is 11.2 Å². The normalized spacial score (nSPS) is 11.0. The lowest BCUT2D eigenvalue weighted by Crippen LogP contribution is -2.39. The van der Waals surface area contributed by atoms with Gasteiger partial charge in [0.05, 0.1) is 27.8 Å². The van der Waals surface area contributed by atoms with Crippen molar-refractivity contribution in [1.29, 1.82) is 0 Å². The predicted molar refractivity (Wildman–Crippen MR) is 107 cm³/mol. The maximum atomic E-state index is 13.2. The Bertz CT molecular complexity index is 1300. The predicted octanol–water partition coefficient (Wildman–Crippen LogP) is 2.35. The van der Waals surface area contributed by atoms with Crippen molar-refractivity contribution in [3.63, 3.8) is 0 Å². The third-order valence-corrected chi connectivity index (χ3v) is 4.71. The Balaban J connectivity index is 1.85. The highest BCUT2D eigenvalue weighted by molar-refractivity contribution is 5.78. The lowest BCUT2D eigenvalue weighted by atomic mass is 10.2. The van der Waals surface area contributed by atoms with Gasteiger partial charge in [-0.3, -0.25) is 19.5 Å². The van der Waals surface area contributed by atoms with Crippen LogP contribution in [-0.2, 0) is 13.1 Å². The molecule has 29 heavy (non-hydrogen) atoms. The molecule has 0 aliphatic rings. The fourth-order valence-electron chi connectivity index (χ4n) is 3.34. The first-order chi connectivity index (χ1) is 14.1. The number of imidazole rings is 1. The van der Waals surface area contributed by atoms with Crippen LogP contribution in [0.5, 0.6) is 0 Å². The van der Waals surface area contributed by atoms with Gasteiger partial charge >= 0.3 is 5.69 Å². The molecule has 146 valence electrons. The van der Waals surface area contributed by atoms with Crippen molar-refractivity contribution in [2.45, 2.75) is 19.5 Å². The molecule has 0 atom stereocenters. The summed E-state index contributed by atoms with van der Waals surface area (Å²) in [6.07, 6.45) is 5.87. The van der Waals surface area contributed by atoms with E-state index in [4.69, 9.17) is 0 Å². The largest absolute Gasteiger partial charge is 0.337 e. The van der Waals surface area contributed by atoms with Gasteiger partial charge in [0.2, 0.25) is 0 Å². The molecule has 2 aromatic carbocycles. The minimum atomic E-state index is -0.556. The molecule has 0 saturated carbocycles. The number of nitro benzene ring substituents is 1. The van der Waals surface area contributed by atoms with Gasteiger partial charge in [0, 0.05) is 37.6 Å². The average Bonchev–Trinajstić information content (AvgIpc) is 3.24. The monoisotopic (exact) mass is 391 g/mol. The van der Waals surface area contributed by atoms with Gasteiger partial charge < -0.3 is 4.57 Å². The molecule has 9 nitrogen and oxygen atoms in total. The standard InChI is InChI=1S/C20H17N5O4/c26-19-17-7-1-2-8-18(17)23(11-4-10-22-12-9-21-14-22)20(27)24(19)15-5-3-6-16(13-15)25(28)29/h1-3,5-9,12-14H,4,10-11H2. The van der Waals surface area contributed by atoms with Gasteiger partial charge in [-0.25, -0.2) is 14.3 Å². The maximum absolute atomic E-state index is 13.2. The molecule has 0 unspecified atom stereocenters. The second-order valence-electron chi connectivity index (χ2n) is 6.52. The van der Waals surface area contributed by atoms with Crippen LogP contribution in [0.25, 0.3) is 16.6 Å². The minimum absolute atomic E-state index is 0.170. The Morgan fingerprint density at radius 3 is 2.62 bits per heavy atom. The summed E-state index contributed by atoms with van der Waals surface area (Å²) in [5.41, 5.74) is -0.511. The Morgan fingerprint density at radius 2 is 1.86 bits per heavy atom. The van der Waals surface area contributed by atoms with E-state index in [-0.39, 0.29) is 11.4 Å². The molecule has 0 aliphatic carbocycles. The molecule has 0 bridgehead atoms. The van der Waals surface area contributed by atoms with E-state index < -0.39 is 16.2 Å². The zero-order valence-electron chi connectivity index (χ0n) is 15.3. The topological polar surface area (TPSA) is 105 Å². The molecule has 4 aromatic rings. The van der Waals surface area contributed by atoms with Gasteiger partial charge in [0.1, 0.15) is 0 Å². The van der Waals surface area contributed by atoms with Crippen LogP contribution in [0.4, 0.5) is 5.69 Å². The van der Waals surface area contributed by atoms with Crippen molar-refractivity contribution in [3.8, 4) is 5.69 Å². The summed E-state index contributed by atoms with van der Waals surface area (Å²) >= 11 is 0. The van der Waals surface area contributed by atoms with Crippen LogP contribution in [0, 0.1) is 10.1 Å². The van der Waals surface area contributed by atoms with Crippen LogP contribution in [0.15, 0.2) is 76.8 Å². The minimum Gasteiger partial charge on any atom is -0.337 e. The second kappa shape index (κ2) is 7.55. The molecule has 0 fully saturated rings. The van der Waals surface area contributed by atoms with E-state index in [1.54, 1.807) is 36.8 Å². The van der Waals surface area contributed by atoms with Crippen LogP contribution in [0.2, 0.25) is 0 Å². The van der Waals surface area contributed by atoms with Crippen molar-refractivity contribution >= 4 is 16.6 Å². The second-order valence-corrected chi connectivity index (χ2v) is 6.52. The number of nitrogens with zero attached hydrogens (tertiary/aromatic N) is 5. The SMILES string of the molecule is O=c1c2ccccc2n(CCCn2ccnc2)c(=O)n1-c1cccc([N+](=O)[O-])c1. The molecule has 0 spiro atoms. The Labute approximate surface area is 164 Å². The highest BCUT2D eigenvalue weighted by atomic mass is 16.6. The zero-order valence-corrected chi connectivity index (χ0v) is 15.3. The Morgan fingerprint density at radius 1 is 1.03 bits per heavy atom. The fraction of sp³-hybridized carbons (Fsp3) is 0.150.